The molecule has 0 spiro atoms. The van der Waals surface area contributed by atoms with Crippen molar-refractivity contribution in [3.63, 3.8) is 0 Å². The molecule has 0 radical (unpaired) electrons. The molecule has 4 heteroatoms. The zero-order valence-electron chi connectivity index (χ0n) is 3.56. The van der Waals surface area contributed by atoms with Crippen LogP contribution in [0.25, 0.3) is 0 Å². The van der Waals surface area contributed by atoms with Crippen LogP contribution >= 0.6 is 0 Å². The molecule has 0 saturated heterocycles. The normalized spacial score (nSPS) is 5.62. The van der Waals surface area contributed by atoms with Crippen molar-refractivity contribution < 1.29 is 9.90 Å². The van der Waals surface area contributed by atoms with Crippen LogP contribution < -0.4 is 0 Å². The van der Waals surface area contributed by atoms with E-state index in [2.05, 4.69) is 6.58 Å². The molecule has 0 aromatic rings. The molecule has 0 fully saturated rings. The molecule has 2 nitrogen and oxygen atoms in total. The number of hydrogen-bond donors (Lipinski definition) is 1. The van der Waals surface area contributed by atoms with Crippen molar-refractivity contribution in [2.24, 2.45) is 0 Å². The standard InChI is InChI=1S/C4H6O2.2Na.2H/c1-3(2)4(5)6;;;;/h1H2,2H3,(H,5,6);;;;. The van der Waals surface area contributed by atoms with Crippen LogP contribution in [0, 0.1) is 0 Å². The predicted molar refractivity (Wildman–Crippen MR) is 36.7 cm³/mol. The van der Waals surface area contributed by atoms with E-state index in [1.807, 2.05) is 0 Å². The molecule has 0 aliphatic carbocycles. The van der Waals surface area contributed by atoms with Crippen LogP contribution in [-0.2, 0) is 4.79 Å². The fourth-order valence-corrected chi connectivity index (χ4v) is 0. The molecular formula is C4H8Na2O2. The van der Waals surface area contributed by atoms with Crippen LogP contribution in [0.3, 0.4) is 0 Å². The molecular weight excluding hydrogens is 126 g/mol. The van der Waals surface area contributed by atoms with Gasteiger partial charge in [0.15, 0.2) is 0 Å². The minimum atomic E-state index is -0.935. The van der Waals surface area contributed by atoms with Gasteiger partial charge in [-0.2, -0.15) is 0 Å². The van der Waals surface area contributed by atoms with Gasteiger partial charge >= 0.3 is 65.1 Å². The Morgan fingerprint density at radius 2 is 1.62 bits per heavy atom. The summed E-state index contributed by atoms with van der Waals surface area (Å²) in [5, 5.41) is 7.89. The van der Waals surface area contributed by atoms with Crippen molar-refractivity contribution in [1.29, 1.82) is 0 Å². The Bertz CT molecular complexity index is 78.0. The van der Waals surface area contributed by atoms with Gasteiger partial charge in [-0.25, -0.2) is 4.79 Å². The summed E-state index contributed by atoms with van der Waals surface area (Å²) in [6.07, 6.45) is 0. The van der Waals surface area contributed by atoms with Crippen LogP contribution in [0.5, 0.6) is 0 Å². The minimum absolute atomic E-state index is 0. The first-order valence-electron chi connectivity index (χ1n) is 1.53. The number of carboxylic acids is 1. The van der Waals surface area contributed by atoms with Crippen molar-refractivity contribution >= 4 is 65.1 Å². The first kappa shape index (κ1) is 16.1. The number of rotatable bonds is 1. The van der Waals surface area contributed by atoms with Gasteiger partial charge in [0, 0.05) is 5.57 Å². The Balaban J connectivity index is -0.000000125. The molecule has 0 amide bonds. The summed E-state index contributed by atoms with van der Waals surface area (Å²) in [5.41, 5.74) is 0.176. The van der Waals surface area contributed by atoms with Gasteiger partial charge in [-0.1, -0.05) is 6.58 Å². The van der Waals surface area contributed by atoms with Crippen LogP contribution in [0.4, 0.5) is 0 Å². The van der Waals surface area contributed by atoms with E-state index in [9.17, 15) is 4.79 Å². The summed E-state index contributed by atoms with van der Waals surface area (Å²) in [4.78, 5) is 9.60. The molecule has 0 atom stereocenters. The van der Waals surface area contributed by atoms with Crippen molar-refractivity contribution in [1.82, 2.24) is 0 Å². The zero-order chi connectivity index (χ0) is 5.15. The Labute approximate surface area is 92.9 Å². The second kappa shape index (κ2) is 8.21. The Morgan fingerprint density at radius 1 is 1.50 bits per heavy atom. The predicted octanol–water partition coefficient (Wildman–Crippen LogP) is -0.650. The summed E-state index contributed by atoms with van der Waals surface area (Å²) >= 11 is 0. The van der Waals surface area contributed by atoms with E-state index in [0.29, 0.717) is 0 Å². The summed E-state index contributed by atoms with van der Waals surface area (Å²) in [5.74, 6) is -0.935. The fraction of sp³-hybridized carbons (Fsp3) is 0.250. The molecule has 0 aliphatic rings. The first-order valence-corrected chi connectivity index (χ1v) is 1.53. The summed E-state index contributed by atoms with van der Waals surface area (Å²) in [7, 11) is 0. The Hall–Kier alpha value is 1.21. The molecule has 0 aromatic heterocycles. The van der Waals surface area contributed by atoms with Crippen molar-refractivity contribution in [3.8, 4) is 0 Å². The first-order chi connectivity index (χ1) is 2.64. The van der Waals surface area contributed by atoms with Gasteiger partial charge in [-0.15, -0.1) is 0 Å². The Morgan fingerprint density at radius 3 is 1.62 bits per heavy atom. The fourth-order valence-electron chi connectivity index (χ4n) is 0. The van der Waals surface area contributed by atoms with Crippen molar-refractivity contribution in [3.05, 3.63) is 12.2 Å². The molecule has 0 aliphatic heterocycles. The van der Waals surface area contributed by atoms with Gasteiger partial charge in [0.1, 0.15) is 0 Å². The van der Waals surface area contributed by atoms with Crippen LogP contribution in [-0.4, -0.2) is 70.2 Å². The van der Waals surface area contributed by atoms with Gasteiger partial charge in [0.2, 0.25) is 0 Å². The third kappa shape index (κ3) is 10.2. The van der Waals surface area contributed by atoms with E-state index in [0.717, 1.165) is 0 Å². The third-order valence-electron chi connectivity index (χ3n) is 0.365. The SMILES string of the molecule is C=C(C)C(=O)O.[NaH].[NaH]. The van der Waals surface area contributed by atoms with E-state index in [1.54, 1.807) is 0 Å². The summed E-state index contributed by atoms with van der Waals surface area (Å²) < 4.78 is 0. The van der Waals surface area contributed by atoms with Crippen LogP contribution in [0.2, 0.25) is 0 Å². The maximum absolute atomic E-state index is 9.60. The van der Waals surface area contributed by atoms with Gasteiger partial charge < -0.3 is 5.11 Å². The zero-order valence-corrected chi connectivity index (χ0v) is 3.56. The molecule has 0 rings (SSSR count). The van der Waals surface area contributed by atoms with Gasteiger partial charge in [-0.05, 0) is 6.92 Å². The average molecular weight is 134 g/mol. The van der Waals surface area contributed by atoms with Crippen LogP contribution in [0.15, 0.2) is 12.2 Å². The summed E-state index contributed by atoms with van der Waals surface area (Å²) in [6.45, 7) is 4.60. The van der Waals surface area contributed by atoms with Gasteiger partial charge in [0.05, 0.1) is 0 Å². The van der Waals surface area contributed by atoms with E-state index in [1.165, 1.54) is 6.92 Å². The average Bonchev–Trinajstić information content (AvgIpc) is 1.36. The second-order valence-electron chi connectivity index (χ2n) is 1.09. The van der Waals surface area contributed by atoms with E-state index < -0.39 is 5.97 Å². The summed E-state index contributed by atoms with van der Waals surface area (Å²) in [6, 6.07) is 0. The van der Waals surface area contributed by atoms with Crippen LogP contribution in [0.1, 0.15) is 6.92 Å². The molecule has 0 bridgehead atoms. The van der Waals surface area contributed by atoms with E-state index in [-0.39, 0.29) is 64.7 Å². The second-order valence-corrected chi connectivity index (χ2v) is 1.09. The van der Waals surface area contributed by atoms with Crippen molar-refractivity contribution in [2.75, 3.05) is 0 Å². The number of carbonyl (C=O) groups is 1. The maximum atomic E-state index is 9.60. The topological polar surface area (TPSA) is 37.3 Å². The number of aliphatic carboxylic acids is 1. The quantitative estimate of drug-likeness (QED) is 0.382. The molecule has 0 saturated carbocycles. The molecule has 1 N–H and O–H groups in total. The molecule has 0 aromatic carbocycles. The number of carboxylic acid groups (broad SMARTS) is 1. The monoisotopic (exact) mass is 134 g/mol. The molecule has 38 valence electrons. The van der Waals surface area contributed by atoms with E-state index >= 15 is 0 Å². The van der Waals surface area contributed by atoms with Gasteiger partial charge in [0.25, 0.3) is 0 Å². The molecule has 0 unspecified atom stereocenters. The van der Waals surface area contributed by atoms with E-state index in [4.69, 9.17) is 5.11 Å². The number of hydrogen-bond acceptors (Lipinski definition) is 1. The third-order valence-corrected chi connectivity index (χ3v) is 0.365. The van der Waals surface area contributed by atoms with Crippen molar-refractivity contribution in [2.45, 2.75) is 6.92 Å². The Kier molecular flexibility index (Phi) is 16.5. The molecule has 0 heterocycles. The van der Waals surface area contributed by atoms with Gasteiger partial charge in [-0.3, -0.25) is 0 Å². The molecule has 8 heavy (non-hydrogen) atoms.